The molecular weight excluding hydrogens is 448 g/mol. The first-order valence-electron chi connectivity index (χ1n) is 10.6. The third kappa shape index (κ3) is 5.34. The van der Waals surface area contributed by atoms with Crippen molar-refractivity contribution in [3.63, 3.8) is 0 Å². The lowest BCUT2D eigenvalue weighted by atomic mass is 10.1. The zero-order chi connectivity index (χ0) is 24.1. The van der Waals surface area contributed by atoms with E-state index in [9.17, 15) is 14.9 Å². The fourth-order valence-electron chi connectivity index (χ4n) is 3.55. The molecule has 0 bridgehead atoms. The Kier molecular flexibility index (Phi) is 6.77. The number of nitriles is 1. The van der Waals surface area contributed by atoms with E-state index in [2.05, 4.69) is 10.6 Å². The van der Waals surface area contributed by atoms with Gasteiger partial charge in [-0.05, 0) is 55.5 Å². The number of halogens is 1. The summed E-state index contributed by atoms with van der Waals surface area (Å²) in [5.74, 6) is -0.708. The van der Waals surface area contributed by atoms with Crippen molar-refractivity contribution in [1.29, 1.82) is 5.26 Å². The highest BCUT2D eigenvalue weighted by Gasteiger charge is 2.14. The first-order chi connectivity index (χ1) is 16.4. The minimum absolute atomic E-state index is 0.0332. The van der Waals surface area contributed by atoms with Crippen molar-refractivity contribution in [2.45, 2.75) is 13.5 Å². The zero-order valence-electron chi connectivity index (χ0n) is 18.4. The van der Waals surface area contributed by atoms with Crippen LogP contribution in [0.15, 0.2) is 84.6 Å². The number of nitrogens with one attached hydrogen (secondary N) is 2. The Morgan fingerprint density at radius 3 is 2.32 bits per heavy atom. The van der Waals surface area contributed by atoms with Crippen LogP contribution in [0.3, 0.4) is 0 Å². The minimum Gasteiger partial charge on any atom is -0.337 e. The third-order valence-corrected chi connectivity index (χ3v) is 5.49. The number of amides is 2. The number of para-hydroxylation sites is 1. The van der Waals surface area contributed by atoms with E-state index < -0.39 is 5.91 Å². The van der Waals surface area contributed by atoms with Crippen LogP contribution < -0.4 is 10.6 Å². The number of nitrogens with zero attached hydrogens (tertiary/aromatic N) is 2. The summed E-state index contributed by atoms with van der Waals surface area (Å²) in [5.41, 5.74) is 3.78. The molecule has 3 aromatic carbocycles. The number of aryl methyl sites for hydroxylation is 1. The van der Waals surface area contributed by atoms with Gasteiger partial charge in [-0.2, -0.15) is 5.26 Å². The van der Waals surface area contributed by atoms with Gasteiger partial charge in [0, 0.05) is 39.1 Å². The van der Waals surface area contributed by atoms with E-state index in [4.69, 9.17) is 11.6 Å². The third-order valence-electron chi connectivity index (χ3n) is 5.24. The monoisotopic (exact) mass is 468 g/mol. The maximum absolute atomic E-state index is 12.7. The largest absolute Gasteiger partial charge is 0.337 e. The number of carbonyl (C=O) groups is 2. The van der Waals surface area contributed by atoms with Gasteiger partial charge in [-0.15, -0.1) is 0 Å². The number of anilines is 2. The number of fused-ring (bicyclic) bond motifs is 1. The van der Waals surface area contributed by atoms with Crippen LogP contribution in [0.2, 0.25) is 5.02 Å². The number of rotatable bonds is 6. The number of carbonyl (C=O) groups excluding carboxylic acids is 2. The summed E-state index contributed by atoms with van der Waals surface area (Å²) in [4.78, 5) is 25.3. The van der Waals surface area contributed by atoms with E-state index in [1.807, 2.05) is 49.4 Å². The molecule has 0 aliphatic heterocycles. The summed E-state index contributed by atoms with van der Waals surface area (Å²) in [6, 6.07) is 23.7. The Hall–Kier alpha value is -4.34. The highest BCUT2D eigenvalue weighted by Crippen LogP contribution is 2.24. The standard InChI is InChI=1S/C27H21ClN4O2/c1-18-6-10-23(11-7-18)31-27(34)19(15-29)14-20-16-32(25-5-3-2-4-24(20)25)17-26(33)30-22-12-8-21(28)9-13-22/h2-14,16H,17H2,1H3,(H,30,33)(H,31,34). The van der Waals surface area contributed by atoms with Crippen LogP contribution in [0.4, 0.5) is 11.4 Å². The molecule has 4 rings (SSSR count). The van der Waals surface area contributed by atoms with Gasteiger partial charge in [-0.1, -0.05) is 47.5 Å². The van der Waals surface area contributed by atoms with Crippen molar-refractivity contribution >= 4 is 51.8 Å². The van der Waals surface area contributed by atoms with Crippen LogP contribution in [-0.2, 0) is 16.1 Å². The van der Waals surface area contributed by atoms with Crippen molar-refractivity contribution in [2.24, 2.45) is 0 Å². The maximum atomic E-state index is 12.7. The summed E-state index contributed by atoms with van der Waals surface area (Å²) in [7, 11) is 0. The van der Waals surface area contributed by atoms with Crippen molar-refractivity contribution in [3.05, 3.63) is 101 Å². The Bertz CT molecular complexity index is 1430. The highest BCUT2D eigenvalue weighted by molar-refractivity contribution is 6.30. The molecule has 0 saturated heterocycles. The molecule has 6 nitrogen and oxygen atoms in total. The molecule has 7 heteroatoms. The van der Waals surface area contributed by atoms with Crippen LogP contribution >= 0.6 is 11.6 Å². The van der Waals surface area contributed by atoms with E-state index in [0.29, 0.717) is 22.0 Å². The van der Waals surface area contributed by atoms with Crippen LogP contribution in [0.5, 0.6) is 0 Å². The van der Waals surface area contributed by atoms with E-state index in [-0.39, 0.29) is 18.0 Å². The van der Waals surface area contributed by atoms with E-state index in [1.165, 1.54) is 0 Å². The van der Waals surface area contributed by atoms with E-state index in [0.717, 1.165) is 16.5 Å². The molecule has 0 unspecified atom stereocenters. The van der Waals surface area contributed by atoms with Crippen molar-refractivity contribution in [1.82, 2.24) is 4.57 Å². The Morgan fingerprint density at radius 1 is 0.971 bits per heavy atom. The smallest absolute Gasteiger partial charge is 0.266 e. The molecule has 0 radical (unpaired) electrons. The molecule has 1 aromatic heterocycles. The molecule has 34 heavy (non-hydrogen) atoms. The van der Waals surface area contributed by atoms with Gasteiger partial charge in [-0.3, -0.25) is 9.59 Å². The predicted octanol–water partition coefficient (Wildman–Crippen LogP) is 5.79. The van der Waals surface area contributed by atoms with Crippen molar-refractivity contribution < 1.29 is 9.59 Å². The molecule has 0 spiro atoms. The van der Waals surface area contributed by atoms with E-state index in [1.54, 1.807) is 53.2 Å². The Morgan fingerprint density at radius 2 is 1.62 bits per heavy atom. The number of aromatic nitrogens is 1. The van der Waals surface area contributed by atoms with Gasteiger partial charge in [-0.25, -0.2) is 0 Å². The SMILES string of the molecule is Cc1ccc(NC(=O)C(C#N)=Cc2cn(CC(=O)Nc3ccc(Cl)cc3)c3ccccc23)cc1. The normalized spacial score (nSPS) is 11.1. The number of benzene rings is 3. The van der Waals surface area contributed by atoms with Gasteiger partial charge in [0.25, 0.3) is 5.91 Å². The van der Waals surface area contributed by atoms with Crippen molar-refractivity contribution in [3.8, 4) is 6.07 Å². The molecule has 0 atom stereocenters. The summed E-state index contributed by atoms with van der Waals surface area (Å²) in [5, 5.41) is 16.6. The molecule has 0 aliphatic carbocycles. The topological polar surface area (TPSA) is 86.9 Å². The molecule has 0 aliphatic rings. The van der Waals surface area contributed by atoms with Crippen LogP contribution in [-0.4, -0.2) is 16.4 Å². The van der Waals surface area contributed by atoms with Gasteiger partial charge in [0.2, 0.25) is 5.91 Å². The summed E-state index contributed by atoms with van der Waals surface area (Å²) < 4.78 is 1.79. The number of hydrogen-bond acceptors (Lipinski definition) is 3. The molecule has 0 saturated carbocycles. The fraction of sp³-hybridized carbons (Fsp3) is 0.0741. The lowest BCUT2D eigenvalue weighted by Crippen LogP contribution is -2.18. The molecule has 1 heterocycles. The molecule has 4 aromatic rings. The van der Waals surface area contributed by atoms with Crippen molar-refractivity contribution in [2.75, 3.05) is 10.6 Å². The summed E-state index contributed by atoms with van der Waals surface area (Å²) in [6.07, 6.45) is 3.31. The lowest BCUT2D eigenvalue weighted by Gasteiger charge is -2.07. The maximum Gasteiger partial charge on any atom is 0.266 e. The minimum atomic E-state index is -0.497. The predicted molar refractivity (Wildman–Crippen MR) is 135 cm³/mol. The van der Waals surface area contributed by atoms with Gasteiger partial charge in [0.1, 0.15) is 18.2 Å². The van der Waals surface area contributed by atoms with E-state index >= 15 is 0 Å². The zero-order valence-corrected chi connectivity index (χ0v) is 19.1. The average molecular weight is 469 g/mol. The van der Waals surface area contributed by atoms with Gasteiger partial charge in [0.15, 0.2) is 0 Å². The summed E-state index contributed by atoms with van der Waals surface area (Å²) >= 11 is 5.90. The highest BCUT2D eigenvalue weighted by atomic mass is 35.5. The Labute approximate surface area is 202 Å². The molecule has 2 N–H and O–H groups in total. The van der Waals surface area contributed by atoms with Gasteiger partial charge in [0.05, 0.1) is 0 Å². The van der Waals surface area contributed by atoms with Gasteiger partial charge >= 0.3 is 0 Å². The average Bonchev–Trinajstić information content (AvgIpc) is 3.17. The van der Waals surface area contributed by atoms with Crippen LogP contribution in [0.1, 0.15) is 11.1 Å². The quantitative estimate of drug-likeness (QED) is 0.277. The number of hydrogen-bond donors (Lipinski definition) is 2. The molecule has 2 amide bonds. The first-order valence-corrected chi connectivity index (χ1v) is 10.9. The molecule has 168 valence electrons. The van der Waals surface area contributed by atoms with Crippen LogP contribution in [0, 0.1) is 18.3 Å². The Balaban J connectivity index is 1.58. The second-order valence-corrected chi connectivity index (χ2v) is 8.21. The van der Waals surface area contributed by atoms with Gasteiger partial charge < -0.3 is 15.2 Å². The summed E-state index contributed by atoms with van der Waals surface area (Å²) in [6.45, 7) is 2.02. The fourth-order valence-corrected chi connectivity index (χ4v) is 3.67. The second kappa shape index (κ2) is 10.1. The van der Waals surface area contributed by atoms with Crippen LogP contribution in [0.25, 0.3) is 17.0 Å². The molecule has 0 fully saturated rings. The first kappa shape index (κ1) is 22.8. The lowest BCUT2D eigenvalue weighted by molar-refractivity contribution is -0.116. The molecular formula is C27H21ClN4O2. The second-order valence-electron chi connectivity index (χ2n) is 7.77.